The van der Waals surface area contributed by atoms with Gasteiger partial charge >= 0.3 is 5.97 Å². The van der Waals surface area contributed by atoms with E-state index in [0.29, 0.717) is 30.2 Å². The molecule has 0 aliphatic rings. The first-order chi connectivity index (χ1) is 11.1. The molecule has 0 aliphatic carbocycles. The molecule has 6 heteroatoms. The summed E-state index contributed by atoms with van der Waals surface area (Å²) in [5.74, 6) is 0.0886. The first-order valence-electron chi connectivity index (χ1n) is 7.90. The molecule has 23 heavy (non-hydrogen) atoms. The Morgan fingerprint density at radius 1 is 1.39 bits per heavy atom. The average molecular weight is 317 g/mol. The molecule has 124 valence electrons. The van der Waals surface area contributed by atoms with Crippen molar-refractivity contribution in [3.63, 3.8) is 0 Å². The number of rotatable bonds is 8. The lowest BCUT2D eigenvalue weighted by molar-refractivity contribution is 0.0521. The lowest BCUT2D eigenvalue weighted by Crippen LogP contribution is -2.12. The number of unbranched alkanes of at least 4 members (excludes halogenated alkanes) is 1. The molecule has 0 fully saturated rings. The largest absolute Gasteiger partial charge is 0.492 e. The molecule has 0 bridgehead atoms. The van der Waals surface area contributed by atoms with Crippen LogP contribution in [0.2, 0.25) is 0 Å². The first kappa shape index (κ1) is 17.0. The number of carbonyl (C=O) groups excluding carboxylic acids is 1. The second-order valence-electron chi connectivity index (χ2n) is 5.09. The molecule has 0 unspecified atom stereocenters. The van der Waals surface area contributed by atoms with Crippen LogP contribution in [-0.4, -0.2) is 33.9 Å². The summed E-state index contributed by atoms with van der Waals surface area (Å²) in [4.78, 5) is 16.8. The van der Waals surface area contributed by atoms with Crippen molar-refractivity contribution < 1.29 is 14.3 Å². The molecule has 2 aromatic rings. The summed E-state index contributed by atoms with van der Waals surface area (Å²) < 4.78 is 12.7. The van der Waals surface area contributed by atoms with Gasteiger partial charge in [-0.05, 0) is 33.6 Å². The second kappa shape index (κ2) is 7.76. The summed E-state index contributed by atoms with van der Waals surface area (Å²) in [5, 5.41) is 5.12. The van der Waals surface area contributed by atoms with Gasteiger partial charge in [0.1, 0.15) is 11.3 Å². The van der Waals surface area contributed by atoms with Crippen molar-refractivity contribution in [3.8, 4) is 5.75 Å². The molecule has 0 saturated carbocycles. The van der Waals surface area contributed by atoms with Crippen molar-refractivity contribution in [2.24, 2.45) is 0 Å². The van der Waals surface area contributed by atoms with E-state index in [2.05, 4.69) is 16.7 Å². The third-order valence-electron chi connectivity index (χ3n) is 3.47. The highest BCUT2D eigenvalue weighted by molar-refractivity contribution is 6.00. The van der Waals surface area contributed by atoms with Crippen LogP contribution < -0.4 is 4.74 Å². The number of carbonyl (C=O) groups is 1. The summed E-state index contributed by atoms with van der Waals surface area (Å²) in [7, 11) is 0. The topological polar surface area (TPSA) is 66.2 Å². The van der Waals surface area contributed by atoms with Crippen LogP contribution in [0.25, 0.3) is 11.0 Å². The molecular weight excluding hydrogens is 294 g/mol. The summed E-state index contributed by atoms with van der Waals surface area (Å²) in [5.41, 5.74) is 1.69. The molecule has 0 amide bonds. The summed E-state index contributed by atoms with van der Waals surface area (Å²) in [6.07, 6.45) is 5.43. The standard InChI is InChI=1S/C17H23N3O3/c1-5-8-9-10-20-16-13(11-18-20)15(22-6-2)14(12(4)19-16)17(21)23-7-3/h5,11H,1,6-10H2,2-4H3. The predicted octanol–water partition coefficient (Wildman–Crippen LogP) is 3.28. The average Bonchev–Trinajstić information content (AvgIpc) is 2.91. The third-order valence-corrected chi connectivity index (χ3v) is 3.47. The van der Waals surface area contributed by atoms with E-state index in [1.54, 1.807) is 20.0 Å². The van der Waals surface area contributed by atoms with Crippen molar-refractivity contribution >= 4 is 17.0 Å². The van der Waals surface area contributed by atoms with Gasteiger partial charge in [-0.15, -0.1) is 6.58 Å². The maximum Gasteiger partial charge on any atom is 0.343 e. The van der Waals surface area contributed by atoms with Crippen molar-refractivity contribution in [1.29, 1.82) is 0 Å². The minimum Gasteiger partial charge on any atom is -0.492 e. The fourth-order valence-corrected chi connectivity index (χ4v) is 2.46. The number of hydrogen-bond acceptors (Lipinski definition) is 5. The Balaban J connectivity index is 2.52. The molecule has 2 rings (SSSR count). The number of hydrogen-bond donors (Lipinski definition) is 0. The maximum atomic E-state index is 12.2. The van der Waals surface area contributed by atoms with Gasteiger partial charge in [-0.1, -0.05) is 6.08 Å². The fourth-order valence-electron chi connectivity index (χ4n) is 2.46. The number of allylic oxidation sites excluding steroid dienone is 1. The molecule has 2 aromatic heterocycles. The molecule has 0 saturated heterocycles. The smallest absolute Gasteiger partial charge is 0.343 e. The number of nitrogens with zero attached hydrogens (tertiary/aromatic N) is 3. The van der Waals surface area contributed by atoms with Crippen molar-refractivity contribution in [2.45, 2.75) is 40.2 Å². The van der Waals surface area contributed by atoms with Gasteiger partial charge in [0, 0.05) is 6.54 Å². The molecular formula is C17H23N3O3. The van der Waals surface area contributed by atoms with E-state index in [0.717, 1.165) is 30.4 Å². The predicted molar refractivity (Wildman–Crippen MR) is 88.8 cm³/mol. The fraction of sp³-hybridized carbons (Fsp3) is 0.471. The molecule has 0 N–H and O–H groups in total. The molecule has 6 nitrogen and oxygen atoms in total. The number of aryl methyl sites for hydroxylation is 2. The second-order valence-corrected chi connectivity index (χ2v) is 5.09. The quantitative estimate of drug-likeness (QED) is 0.424. The van der Waals surface area contributed by atoms with Gasteiger partial charge in [0.25, 0.3) is 0 Å². The van der Waals surface area contributed by atoms with Crippen LogP contribution in [0.1, 0.15) is 42.7 Å². The van der Waals surface area contributed by atoms with Gasteiger partial charge in [-0.25, -0.2) is 14.5 Å². The van der Waals surface area contributed by atoms with E-state index in [1.165, 1.54) is 0 Å². The van der Waals surface area contributed by atoms with Gasteiger partial charge in [0.15, 0.2) is 5.65 Å². The van der Waals surface area contributed by atoms with Crippen LogP contribution in [0.3, 0.4) is 0 Å². The zero-order valence-electron chi connectivity index (χ0n) is 14.0. The molecule has 0 aromatic carbocycles. The van der Waals surface area contributed by atoms with E-state index >= 15 is 0 Å². The Labute approximate surface area is 136 Å². The number of fused-ring (bicyclic) bond motifs is 1. The van der Waals surface area contributed by atoms with E-state index in [-0.39, 0.29) is 0 Å². The Kier molecular flexibility index (Phi) is 5.73. The maximum absolute atomic E-state index is 12.2. The highest BCUT2D eigenvalue weighted by Crippen LogP contribution is 2.31. The lowest BCUT2D eigenvalue weighted by atomic mass is 10.1. The lowest BCUT2D eigenvalue weighted by Gasteiger charge is -2.13. The van der Waals surface area contributed by atoms with Crippen molar-refractivity contribution in [1.82, 2.24) is 14.8 Å². The summed E-state index contributed by atoms with van der Waals surface area (Å²) >= 11 is 0. The van der Waals surface area contributed by atoms with Crippen molar-refractivity contribution in [3.05, 3.63) is 30.1 Å². The zero-order valence-corrected chi connectivity index (χ0v) is 14.0. The van der Waals surface area contributed by atoms with Crippen LogP contribution in [0, 0.1) is 6.92 Å². The van der Waals surface area contributed by atoms with Crippen LogP contribution in [0.5, 0.6) is 5.75 Å². The van der Waals surface area contributed by atoms with E-state index in [9.17, 15) is 4.79 Å². The molecule has 2 heterocycles. The molecule has 0 spiro atoms. The molecule has 0 aliphatic heterocycles. The van der Waals surface area contributed by atoms with Crippen LogP contribution in [-0.2, 0) is 11.3 Å². The summed E-state index contributed by atoms with van der Waals surface area (Å²) in [6.45, 7) is 10.7. The number of pyridine rings is 1. The van der Waals surface area contributed by atoms with Gasteiger partial charge in [-0.3, -0.25) is 0 Å². The Morgan fingerprint density at radius 2 is 2.17 bits per heavy atom. The van der Waals surface area contributed by atoms with E-state index < -0.39 is 5.97 Å². The highest BCUT2D eigenvalue weighted by atomic mass is 16.5. The first-order valence-corrected chi connectivity index (χ1v) is 7.90. The monoisotopic (exact) mass is 317 g/mol. The minimum absolute atomic E-state index is 0.308. The van der Waals surface area contributed by atoms with Crippen LogP contribution >= 0.6 is 0 Å². The Bertz CT molecular complexity index is 707. The number of esters is 1. The van der Waals surface area contributed by atoms with E-state index in [4.69, 9.17) is 9.47 Å². The SMILES string of the molecule is C=CCCCn1ncc2c(OCC)c(C(=O)OCC)c(C)nc21. The molecule has 0 atom stereocenters. The van der Waals surface area contributed by atoms with Gasteiger partial charge in [0.2, 0.25) is 0 Å². The Morgan fingerprint density at radius 3 is 2.83 bits per heavy atom. The molecule has 0 radical (unpaired) electrons. The minimum atomic E-state index is -0.415. The van der Waals surface area contributed by atoms with Crippen LogP contribution in [0.15, 0.2) is 18.9 Å². The van der Waals surface area contributed by atoms with Crippen LogP contribution in [0.4, 0.5) is 0 Å². The third kappa shape index (κ3) is 3.52. The van der Waals surface area contributed by atoms with Gasteiger partial charge < -0.3 is 9.47 Å². The Hall–Kier alpha value is -2.37. The van der Waals surface area contributed by atoms with Gasteiger partial charge in [0.05, 0.1) is 30.5 Å². The normalized spacial score (nSPS) is 10.7. The summed E-state index contributed by atoms with van der Waals surface area (Å²) in [6, 6.07) is 0. The van der Waals surface area contributed by atoms with E-state index in [1.807, 2.05) is 17.7 Å². The number of aromatic nitrogens is 3. The highest BCUT2D eigenvalue weighted by Gasteiger charge is 2.23. The van der Waals surface area contributed by atoms with Crippen molar-refractivity contribution in [2.75, 3.05) is 13.2 Å². The zero-order chi connectivity index (χ0) is 16.8. The number of ether oxygens (including phenoxy) is 2. The van der Waals surface area contributed by atoms with Gasteiger partial charge in [-0.2, -0.15) is 5.10 Å².